The van der Waals surface area contributed by atoms with Gasteiger partial charge in [-0.1, -0.05) is 31.5 Å². The summed E-state index contributed by atoms with van der Waals surface area (Å²) in [5.41, 5.74) is 10.9. The Morgan fingerprint density at radius 1 is 1.11 bits per heavy atom. The van der Waals surface area contributed by atoms with Gasteiger partial charge in [0.1, 0.15) is 0 Å². The largest absolute Gasteiger partial charge is 0.399 e. The zero-order chi connectivity index (χ0) is 13.0. The molecule has 0 atom stereocenters. The van der Waals surface area contributed by atoms with Gasteiger partial charge in [-0.25, -0.2) is 0 Å². The SMILES string of the molecule is CCCc1cc(N)ccc1-c1ccc(C#N)cc1. The summed E-state index contributed by atoms with van der Waals surface area (Å²) in [5.74, 6) is 0. The van der Waals surface area contributed by atoms with E-state index < -0.39 is 0 Å². The first-order valence-electron chi connectivity index (χ1n) is 6.13. The lowest BCUT2D eigenvalue weighted by Gasteiger charge is -2.10. The van der Waals surface area contributed by atoms with Gasteiger partial charge in [0.15, 0.2) is 0 Å². The van der Waals surface area contributed by atoms with Gasteiger partial charge in [0.2, 0.25) is 0 Å². The fraction of sp³-hybridized carbons (Fsp3) is 0.188. The molecule has 2 heteroatoms. The molecule has 0 spiro atoms. The predicted octanol–water partition coefficient (Wildman–Crippen LogP) is 3.76. The number of hydrogen-bond donors (Lipinski definition) is 1. The molecule has 0 aliphatic heterocycles. The Morgan fingerprint density at radius 2 is 1.83 bits per heavy atom. The van der Waals surface area contributed by atoms with Crippen LogP contribution in [0.3, 0.4) is 0 Å². The summed E-state index contributed by atoms with van der Waals surface area (Å²) in [6, 6.07) is 15.8. The van der Waals surface area contributed by atoms with E-state index in [0.29, 0.717) is 5.56 Å². The first-order chi connectivity index (χ1) is 8.74. The Labute approximate surface area is 108 Å². The van der Waals surface area contributed by atoms with Gasteiger partial charge < -0.3 is 5.73 Å². The van der Waals surface area contributed by atoms with Crippen LogP contribution < -0.4 is 5.73 Å². The number of nitriles is 1. The second kappa shape index (κ2) is 5.37. The zero-order valence-corrected chi connectivity index (χ0v) is 10.5. The molecule has 0 radical (unpaired) electrons. The molecule has 2 rings (SSSR count). The molecule has 0 fully saturated rings. The molecule has 18 heavy (non-hydrogen) atoms. The molecule has 0 saturated carbocycles. The average Bonchev–Trinajstić information content (AvgIpc) is 2.40. The molecule has 0 heterocycles. The summed E-state index contributed by atoms with van der Waals surface area (Å²) < 4.78 is 0. The van der Waals surface area contributed by atoms with Crippen molar-refractivity contribution >= 4 is 5.69 Å². The van der Waals surface area contributed by atoms with Crippen LogP contribution in [-0.2, 0) is 6.42 Å². The smallest absolute Gasteiger partial charge is 0.0991 e. The van der Waals surface area contributed by atoms with E-state index in [-0.39, 0.29) is 0 Å². The molecule has 0 bridgehead atoms. The van der Waals surface area contributed by atoms with Crippen molar-refractivity contribution in [1.82, 2.24) is 0 Å². The van der Waals surface area contributed by atoms with E-state index in [2.05, 4.69) is 19.1 Å². The molecular formula is C16H16N2. The third kappa shape index (κ3) is 2.52. The van der Waals surface area contributed by atoms with E-state index in [0.717, 1.165) is 24.1 Å². The van der Waals surface area contributed by atoms with Crippen molar-refractivity contribution in [2.45, 2.75) is 19.8 Å². The number of rotatable bonds is 3. The van der Waals surface area contributed by atoms with Crippen LogP contribution in [0.15, 0.2) is 42.5 Å². The third-order valence-corrected chi connectivity index (χ3v) is 2.97. The Bertz CT molecular complexity index is 577. The van der Waals surface area contributed by atoms with Gasteiger partial charge in [-0.15, -0.1) is 0 Å². The Kier molecular flexibility index (Phi) is 3.64. The maximum Gasteiger partial charge on any atom is 0.0991 e. The van der Waals surface area contributed by atoms with E-state index >= 15 is 0 Å². The van der Waals surface area contributed by atoms with Crippen LogP contribution in [0.25, 0.3) is 11.1 Å². The van der Waals surface area contributed by atoms with Crippen LogP contribution >= 0.6 is 0 Å². The minimum absolute atomic E-state index is 0.686. The maximum atomic E-state index is 8.81. The summed E-state index contributed by atoms with van der Waals surface area (Å²) in [5, 5.41) is 8.81. The van der Waals surface area contributed by atoms with Gasteiger partial charge >= 0.3 is 0 Å². The quantitative estimate of drug-likeness (QED) is 0.825. The van der Waals surface area contributed by atoms with Crippen LogP contribution in [0.4, 0.5) is 5.69 Å². The number of hydrogen-bond acceptors (Lipinski definition) is 2. The standard InChI is InChI=1S/C16H16N2/c1-2-3-14-10-15(18)8-9-16(14)13-6-4-12(11-17)5-7-13/h4-10H,2-3,18H2,1H3. The molecule has 0 unspecified atom stereocenters. The van der Waals surface area contributed by atoms with Crippen molar-refractivity contribution in [3.05, 3.63) is 53.6 Å². The molecule has 0 aromatic heterocycles. The van der Waals surface area contributed by atoms with Crippen molar-refractivity contribution in [3.63, 3.8) is 0 Å². The average molecular weight is 236 g/mol. The summed E-state index contributed by atoms with van der Waals surface area (Å²) in [6.45, 7) is 2.16. The molecule has 90 valence electrons. The van der Waals surface area contributed by atoms with Crippen LogP contribution in [0.5, 0.6) is 0 Å². The van der Waals surface area contributed by atoms with Crippen molar-refractivity contribution < 1.29 is 0 Å². The lowest BCUT2D eigenvalue weighted by molar-refractivity contribution is 0.924. The number of nitrogen functional groups attached to an aromatic ring is 1. The van der Waals surface area contributed by atoms with E-state index in [9.17, 15) is 0 Å². The van der Waals surface area contributed by atoms with Crippen LogP contribution in [0.2, 0.25) is 0 Å². The molecule has 0 saturated heterocycles. The van der Waals surface area contributed by atoms with Crippen molar-refractivity contribution in [2.24, 2.45) is 0 Å². The summed E-state index contributed by atoms with van der Waals surface area (Å²) in [6.07, 6.45) is 2.10. The van der Waals surface area contributed by atoms with Gasteiger partial charge in [0, 0.05) is 5.69 Å². The monoisotopic (exact) mass is 236 g/mol. The highest BCUT2D eigenvalue weighted by atomic mass is 14.5. The molecule has 0 amide bonds. The van der Waals surface area contributed by atoms with Gasteiger partial charge in [-0.05, 0) is 47.4 Å². The van der Waals surface area contributed by atoms with Crippen LogP contribution in [-0.4, -0.2) is 0 Å². The molecule has 0 aliphatic rings. The first-order valence-corrected chi connectivity index (χ1v) is 6.13. The molecule has 2 N–H and O–H groups in total. The molecule has 2 aromatic carbocycles. The second-order valence-electron chi connectivity index (χ2n) is 4.36. The first kappa shape index (κ1) is 12.2. The zero-order valence-electron chi connectivity index (χ0n) is 10.5. The van der Waals surface area contributed by atoms with Gasteiger partial charge in [-0.2, -0.15) is 5.26 Å². The molecule has 0 aliphatic carbocycles. The van der Waals surface area contributed by atoms with Crippen LogP contribution in [0.1, 0.15) is 24.5 Å². The van der Waals surface area contributed by atoms with E-state index in [1.54, 1.807) is 0 Å². The van der Waals surface area contributed by atoms with Crippen molar-refractivity contribution in [3.8, 4) is 17.2 Å². The summed E-state index contributed by atoms with van der Waals surface area (Å²) >= 11 is 0. The maximum absolute atomic E-state index is 8.81. The minimum atomic E-state index is 0.686. The fourth-order valence-electron chi connectivity index (χ4n) is 2.10. The highest BCUT2D eigenvalue weighted by Crippen LogP contribution is 2.27. The van der Waals surface area contributed by atoms with Crippen molar-refractivity contribution in [2.75, 3.05) is 5.73 Å². The van der Waals surface area contributed by atoms with E-state index in [1.165, 1.54) is 11.1 Å². The predicted molar refractivity (Wildman–Crippen MR) is 75.0 cm³/mol. The number of nitrogens with zero attached hydrogens (tertiary/aromatic N) is 1. The Balaban J connectivity index is 2.45. The number of nitrogens with two attached hydrogens (primary N) is 1. The number of anilines is 1. The summed E-state index contributed by atoms with van der Waals surface area (Å²) in [7, 11) is 0. The Hall–Kier alpha value is -2.27. The van der Waals surface area contributed by atoms with Gasteiger partial charge in [0.25, 0.3) is 0 Å². The normalized spacial score (nSPS) is 10.0. The highest BCUT2D eigenvalue weighted by molar-refractivity contribution is 5.70. The topological polar surface area (TPSA) is 49.8 Å². The third-order valence-electron chi connectivity index (χ3n) is 2.97. The van der Waals surface area contributed by atoms with Gasteiger partial charge in [-0.3, -0.25) is 0 Å². The number of benzene rings is 2. The second-order valence-corrected chi connectivity index (χ2v) is 4.36. The fourth-order valence-corrected chi connectivity index (χ4v) is 2.10. The highest BCUT2D eigenvalue weighted by Gasteiger charge is 2.05. The van der Waals surface area contributed by atoms with E-state index in [1.807, 2.05) is 36.4 Å². The number of aryl methyl sites for hydroxylation is 1. The minimum Gasteiger partial charge on any atom is -0.399 e. The molecule has 2 nitrogen and oxygen atoms in total. The Morgan fingerprint density at radius 3 is 2.44 bits per heavy atom. The molecular weight excluding hydrogens is 220 g/mol. The molecule has 2 aromatic rings. The summed E-state index contributed by atoms with van der Waals surface area (Å²) in [4.78, 5) is 0. The lowest BCUT2D eigenvalue weighted by Crippen LogP contribution is -1.93. The van der Waals surface area contributed by atoms with E-state index in [4.69, 9.17) is 11.0 Å². The van der Waals surface area contributed by atoms with Gasteiger partial charge in [0.05, 0.1) is 11.6 Å². The lowest BCUT2D eigenvalue weighted by atomic mass is 9.96. The van der Waals surface area contributed by atoms with Crippen LogP contribution in [0, 0.1) is 11.3 Å². The van der Waals surface area contributed by atoms with Crippen molar-refractivity contribution in [1.29, 1.82) is 5.26 Å².